The van der Waals surface area contributed by atoms with E-state index in [-0.39, 0.29) is 5.95 Å². The lowest BCUT2D eigenvalue weighted by molar-refractivity contribution is -0.138. The van der Waals surface area contributed by atoms with Gasteiger partial charge in [-0.2, -0.15) is 0 Å². The number of unbranched alkanes of at least 4 members (excludes halogenated alkanes) is 1. The number of nitrogens with one attached hydrogen (secondary N) is 2. The predicted molar refractivity (Wildman–Crippen MR) is 147 cm³/mol. The lowest BCUT2D eigenvalue weighted by Crippen LogP contribution is -2.37. The SMILES string of the molecule is Cc1ncccc1OCCN(CCCCc1ccc2c(n1)NCCC2)CCC(Nc1ncc(F)cn1)C(=O)O. The average molecular weight is 538 g/mol. The third-order valence-corrected chi connectivity index (χ3v) is 6.69. The van der Waals surface area contributed by atoms with E-state index < -0.39 is 17.8 Å². The summed E-state index contributed by atoms with van der Waals surface area (Å²) in [6, 6.07) is 7.11. The van der Waals surface area contributed by atoms with Gasteiger partial charge in [0.25, 0.3) is 0 Å². The van der Waals surface area contributed by atoms with E-state index in [9.17, 15) is 14.3 Å². The predicted octanol–water partition coefficient (Wildman–Crippen LogP) is 3.73. The van der Waals surface area contributed by atoms with Crippen molar-refractivity contribution in [2.45, 2.75) is 51.5 Å². The van der Waals surface area contributed by atoms with Gasteiger partial charge in [-0.05, 0) is 75.8 Å². The number of pyridine rings is 2. The highest BCUT2D eigenvalue weighted by Crippen LogP contribution is 2.20. The molecule has 10 nitrogen and oxygen atoms in total. The Morgan fingerprint density at radius 2 is 2.03 bits per heavy atom. The first-order chi connectivity index (χ1) is 19.0. The minimum Gasteiger partial charge on any atom is -0.490 e. The molecule has 39 heavy (non-hydrogen) atoms. The Balaban J connectivity index is 1.30. The zero-order chi connectivity index (χ0) is 27.5. The summed E-state index contributed by atoms with van der Waals surface area (Å²) in [5, 5.41) is 15.9. The Morgan fingerprint density at radius 1 is 1.18 bits per heavy atom. The van der Waals surface area contributed by atoms with Gasteiger partial charge < -0.3 is 20.5 Å². The van der Waals surface area contributed by atoms with E-state index in [1.54, 1.807) is 6.20 Å². The summed E-state index contributed by atoms with van der Waals surface area (Å²) in [7, 11) is 0. The monoisotopic (exact) mass is 537 g/mol. The Labute approximate surface area is 228 Å². The van der Waals surface area contributed by atoms with E-state index in [0.717, 1.165) is 80.5 Å². The summed E-state index contributed by atoms with van der Waals surface area (Å²) in [6.45, 7) is 5.28. The normalized spacial score (nSPS) is 13.4. The number of aryl methyl sites for hydroxylation is 3. The second kappa shape index (κ2) is 14.3. The summed E-state index contributed by atoms with van der Waals surface area (Å²) in [5.74, 6) is 0.239. The molecule has 0 aliphatic carbocycles. The first-order valence-electron chi connectivity index (χ1n) is 13.4. The fraction of sp³-hybridized carbons (Fsp3) is 0.464. The van der Waals surface area contributed by atoms with Crippen LogP contribution < -0.4 is 15.4 Å². The van der Waals surface area contributed by atoms with Gasteiger partial charge in [0, 0.05) is 31.5 Å². The van der Waals surface area contributed by atoms with Gasteiger partial charge in [-0.15, -0.1) is 0 Å². The molecule has 1 aliphatic rings. The highest BCUT2D eigenvalue weighted by molar-refractivity contribution is 5.76. The number of hydrogen-bond acceptors (Lipinski definition) is 9. The van der Waals surface area contributed by atoms with Crippen molar-refractivity contribution in [2.24, 2.45) is 0 Å². The topological polar surface area (TPSA) is 125 Å². The number of aromatic nitrogens is 4. The highest BCUT2D eigenvalue weighted by atomic mass is 19.1. The number of carboxylic acid groups (broad SMARTS) is 1. The molecule has 3 aromatic heterocycles. The van der Waals surface area contributed by atoms with Crippen LogP contribution in [0.3, 0.4) is 0 Å². The number of aliphatic carboxylic acids is 1. The van der Waals surface area contributed by atoms with E-state index in [4.69, 9.17) is 9.72 Å². The van der Waals surface area contributed by atoms with E-state index in [1.807, 2.05) is 19.1 Å². The molecule has 0 bridgehead atoms. The van der Waals surface area contributed by atoms with Crippen LogP contribution in [0.1, 0.15) is 42.6 Å². The van der Waals surface area contributed by atoms with E-state index in [1.165, 1.54) is 5.56 Å². The summed E-state index contributed by atoms with van der Waals surface area (Å²) >= 11 is 0. The van der Waals surface area contributed by atoms with Crippen molar-refractivity contribution in [3.05, 3.63) is 65.6 Å². The molecule has 0 saturated heterocycles. The maximum Gasteiger partial charge on any atom is 0.326 e. The number of halogens is 1. The van der Waals surface area contributed by atoms with E-state index >= 15 is 0 Å². The first kappa shape index (κ1) is 28.2. The van der Waals surface area contributed by atoms with E-state index in [2.05, 4.69) is 42.6 Å². The second-order valence-corrected chi connectivity index (χ2v) is 9.62. The molecule has 1 aliphatic heterocycles. The molecule has 0 spiro atoms. The molecule has 4 heterocycles. The molecule has 0 radical (unpaired) electrons. The van der Waals surface area contributed by atoms with Crippen LogP contribution in [-0.4, -0.2) is 74.7 Å². The minimum absolute atomic E-state index is 0.0813. The molecule has 3 N–H and O–H groups in total. The summed E-state index contributed by atoms with van der Waals surface area (Å²) in [4.78, 5) is 30.8. The molecule has 0 fully saturated rings. The molecule has 0 amide bonds. The number of carboxylic acids is 1. The van der Waals surface area contributed by atoms with Crippen molar-refractivity contribution in [1.82, 2.24) is 24.8 Å². The van der Waals surface area contributed by atoms with Gasteiger partial charge in [0.2, 0.25) is 5.95 Å². The van der Waals surface area contributed by atoms with Crippen molar-refractivity contribution in [1.29, 1.82) is 0 Å². The summed E-state index contributed by atoms with van der Waals surface area (Å²) < 4.78 is 19.1. The number of fused-ring (bicyclic) bond motifs is 1. The zero-order valence-electron chi connectivity index (χ0n) is 22.3. The maximum atomic E-state index is 13.1. The van der Waals surface area contributed by atoms with Gasteiger partial charge in [-0.25, -0.2) is 24.1 Å². The largest absolute Gasteiger partial charge is 0.490 e. The average Bonchev–Trinajstić information content (AvgIpc) is 2.94. The van der Waals surface area contributed by atoms with Crippen LogP contribution in [-0.2, 0) is 17.6 Å². The number of rotatable bonds is 15. The van der Waals surface area contributed by atoms with Crippen molar-refractivity contribution in [3.63, 3.8) is 0 Å². The first-order valence-corrected chi connectivity index (χ1v) is 13.4. The van der Waals surface area contributed by atoms with Gasteiger partial charge in [0.15, 0.2) is 5.82 Å². The van der Waals surface area contributed by atoms with Crippen LogP contribution in [0.4, 0.5) is 16.2 Å². The van der Waals surface area contributed by atoms with Gasteiger partial charge in [-0.1, -0.05) is 6.07 Å². The molecule has 0 saturated carbocycles. The van der Waals surface area contributed by atoms with Crippen LogP contribution >= 0.6 is 0 Å². The number of hydrogen-bond donors (Lipinski definition) is 3. The standard InChI is InChI=1S/C28H36FN7O3/c1-20-25(8-5-12-30-20)39-17-16-36(15-11-24(27(37)38)35-28-32-18-22(29)19-33-28)14-3-2-7-23-10-9-21-6-4-13-31-26(21)34-23/h5,8-10,12,18-19,24H,2-4,6-7,11,13-17H2,1H3,(H,31,34)(H,37,38)(H,32,33,35). The van der Waals surface area contributed by atoms with Crippen molar-refractivity contribution in [3.8, 4) is 5.75 Å². The molecule has 1 unspecified atom stereocenters. The van der Waals surface area contributed by atoms with E-state index in [0.29, 0.717) is 26.1 Å². The Bertz CT molecular complexity index is 1210. The van der Waals surface area contributed by atoms with Gasteiger partial charge >= 0.3 is 5.97 Å². The molecular formula is C28H36FN7O3. The van der Waals surface area contributed by atoms with Gasteiger partial charge in [-0.3, -0.25) is 9.88 Å². The lowest BCUT2D eigenvalue weighted by atomic mass is 10.1. The van der Waals surface area contributed by atoms with Gasteiger partial charge in [0.05, 0.1) is 18.1 Å². The van der Waals surface area contributed by atoms with Crippen LogP contribution in [0.15, 0.2) is 42.9 Å². The molecule has 11 heteroatoms. The fourth-order valence-electron chi connectivity index (χ4n) is 4.50. The van der Waals surface area contributed by atoms with Crippen molar-refractivity contribution in [2.75, 3.05) is 43.4 Å². The molecule has 3 aromatic rings. The Hall–Kier alpha value is -3.86. The quantitative estimate of drug-likeness (QED) is 0.247. The third kappa shape index (κ3) is 8.85. The van der Waals surface area contributed by atoms with Crippen LogP contribution in [0.5, 0.6) is 5.75 Å². The molecule has 0 aromatic carbocycles. The van der Waals surface area contributed by atoms with Crippen LogP contribution in [0.2, 0.25) is 0 Å². The third-order valence-electron chi connectivity index (χ3n) is 6.69. The fourth-order valence-corrected chi connectivity index (χ4v) is 4.50. The van der Waals surface area contributed by atoms with Gasteiger partial charge in [0.1, 0.15) is 24.2 Å². The minimum atomic E-state index is -1.02. The lowest BCUT2D eigenvalue weighted by Gasteiger charge is -2.24. The molecule has 4 rings (SSSR count). The summed E-state index contributed by atoms with van der Waals surface area (Å²) in [6.07, 6.45) is 9.06. The van der Waals surface area contributed by atoms with Crippen LogP contribution in [0, 0.1) is 12.7 Å². The second-order valence-electron chi connectivity index (χ2n) is 9.62. The van der Waals surface area contributed by atoms with Crippen LogP contribution in [0.25, 0.3) is 0 Å². The molecule has 1 atom stereocenters. The van der Waals surface area contributed by atoms with Crippen molar-refractivity contribution >= 4 is 17.7 Å². The highest BCUT2D eigenvalue weighted by Gasteiger charge is 2.20. The van der Waals surface area contributed by atoms with Crippen molar-refractivity contribution < 1.29 is 19.0 Å². The number of ether oxygens (including phenoxy) is 1. The number of anilines is 2. The maximum absolute atomic E-state index is 13.1. The summed E-state index contributed by atoms with van der Waals surface area (Å²) in [5.41, 5.74) is 3.19. The number of carbonyl (C=O) groups is 1. The smallest absolute Gasteiger partial charge is 0.326 e. The molecule has 208 valence electrons. The Morgan fingerprint density at radius 3 is 2.82 bits per heavy atom. The number of nitrogens with zero attached hydrogens (tertiary/aromatic N) is 5. The zero-order valence-corrected chi connectivity index (χ0v) is 22.3. The Kier molecular flexibility index (Phi) is 10.4. The molecular weight excluding hydrogens is 501 g/mol.